The van der Waals surface area contributed by atoms with Gasteiger partial charge in [-0.15, -0.1) is 0 Å². The predicted octanol–water partition coefficient (Wildman–Crippen LogP) is 2.53. The van der Waals surface area contributed by atoms with Gasteiger partial charge in [0.05, 0.1) is 4.90 Å². The molecule has 0 spiro atoms. The number of carbonyl (C=O) groups is 1. The maximum Gasteiger partial charge on any atom is 0.243 e. The third-order valence-electron chi connectivity index (χ3n) is 5.88. The molecule has 1 N–H and O–H groups in total. The third-order valence-corrected chi connectivity index (χ3v) is 7.84. The van der Waals surface area contributed by atoms with Crippen LogP contribution in [0.2, 0.25) is 0 Å². The van der Waals surface area contributed by atoms with Crippen molar-refractivity contribution in [1.82, 2.24) is 14.5 Å². The molecule has 2 fully saturated rings. The first-order chi connectivity index (χ1) is 13.5. The van der Waals surface area contributed by atoms with Crippen molar-refractivity contribution < 1.29 is 13.2 Å². The van der Waals surface area contributed by atoms with Crippen molar-refractivity contribution in [3.05, 3.63) is 29.8 Å². The minimum atomic E-state index is -3.61. The number of hydrogen-bond donors (Lipinski definition) is 1. The van der Waals surface area contributed by atoms with Crippen molar-refractivity contribution >= 4 is 15.9 Å². The van der Waals surface area contributed by atoms with Crippen LogP contribution in [0.3, 0.4) is 0 Å². The van der Waals surface area contributed by atoms with E-state index >= 15 is 0 Å². The van der Waals surface area contributed by atoms with E-state index in [9.17, 15) is 13.2 Å². The molecule has 2 aliphatic rings. The van der Waals surface area contributed by atoms with Crippen LogP contribution in [0.5, 0.6) is 0 Å². The van der Waals surface area contributed by atoms with Crippen molar-refractivity contribution in [2.24, 2.45) is 0 Å². The van der Waals surface area contributed by atoms with E-state index in [0.717, 1.165) is 57.2 Å². The monoisotopic (exact) mass is 407 g/mol. The van der Waals surface area contributed by atoms with Crippen LogP contribution in [0.4, 0.5) is 0 Å². The van der Waals surface area contributed by atoms with Crippen molar-refractivity contribution in [2.75, 3.05) is 32.7 Å². The number of amides is 1. The van der Waals surface area contributed by atoms with Crippen molar-refractivity contribution in [3.8, 4) is 0 Å². The normalized spacial score (nSPS) is 19.6. The quantitative estimate of drug-likeness (QED) is 0.736. The Morgan fingerprint density at radius 3 is 2.29 bits per heavy atom. The Morgan fingerprint density at radius 2 is 1.68 bits per heavy atom. The number of hydrogen-bond acceptors (Lipinski definition) is 4. The first-order valence-electron chi connectivity index (χ1n) is 10.6. The zero-order valence-electron chi connectivity index (χ0n) is 16.9. The van der Waals surface area contributed by atoms with E-state index < -0.39 is 10.0 Å². The van der Waals surface area contributed by atoms with Crippen molar-refractivity contribution in [3.63, 3.8) is 0 Å². The van der Waals surface area contributed by atoms with Gasteiger partial charge in [0.1, 0.15) is 0 Å². The highest BCUT2D eigenvalue weighted by molar-refractivity contribution is 7.89. The summed E-state index contributed by atoms with van der Waals surface area (Å²) < 4.78 is 28.5. The average Bonchev–Trinajstić information content (AvgIpc) is 2.98. The summed E-state index contributed by atoms with van der Waals surface area (Å²) in [4.78, 5) is 14.8. The van der Waals surface area contributed by atoms with Gasteiger partial charge in [0.15, 0.2) is 0 Å². The highest BCUT2D eigenvalue weighted by atomic mass is 32.2. The molecule has 7 heteroatoms. The summed E-state index contributed by atoms with van der Waals surface area (Å²) in [5.41, 5.74) is 1.04. The van der Waals surface area contributed by atoms with Crippen LogP contribution in [-0.4, -0.2) is 62.3 Å². The van der Waals surface area contributed by atoms with Gasteiger partial charge in [-0.25, -0.2) is 8.42 Å². The summed E-state index contributed by atoms with van der Waals surface area (Å²) in [5, 5.41) is 3.24. The smallest absolute Gasteiger partial charge is 0.243 e. The van der Waals surface area contributed by atoms with Gasteiger partial charge in [-0.3, -0.25) is 4.79 Å². The van der Waals surface area contributed by atoms with Crippen LogP contribution in [0.1, 0.15) is 50.5 Å². The molecule has 0 atom stereocenters. The first-order valence-corrected chi connectivity index (χ1v) is 12.0. The number of nitrogens with one attached hydrogen (secondary N) is 1. The SMILES string of the molecule is Cc1ccc(S(=O)(=O)N(CCC(=O)N2CCNCC2)C2CCCCCC2)cc1. The van der Waals surface area contributed by atoms with Crippen LogP contribution in [0.15, 0.2) is 29.2 Å². The highest BCUT2D eigenvalue weighted by Crippen LogP contribution is 2.27. The Morgan fingerprint density at radius 1 is 1.07 bits per heavy atom. The minimum absolute atomic E-state index is 0.00961. The van der Waals surface area contributed by atoms with Crippen molar-refractivity contribution in [2.45, 2.75) is 62.8 Å². The maximum absolute atomic E-state index is 13.4. The Balaban J connectivity index is 1.77. The van der Waals surface area contributed by atoms with Gasteiger partial charge in [-0.1, -0.05) is 43.4 Å². The number of piperazine rings is 1. The maximum atomic E-state index is 13.4. The highest BCUT2D eigenvalue weighted by Gasteiger charge is 2.32. The Hall–Kier alpha value is -1.44. The minimum Gasteiger partial charge on any atom is -0.340 e. The van der Waals surface area contributed by atoms with Crippen LogP contribution in [0.25, 0.3) is 0 Å². The summed E-state index contributed by atoms with van der Waals surface area (Å²) in [5.74, 6) is 0.0548. The molecule has 0 bridgehead atoms. The van der Waals surface area contributed by atoms with E-state index in [-0.39, 0.29) is 24.9 Å². The zero-order valence-corrected chi connectivity index (χ0v) is 17.7. The second-order valence-electron chi connectivity index (χ2n) is 7.95. The standard InChI is InChI=1S/C21H33N3O3S/c1-18-8-10-20(11-9-18)28(26,27)24(19-6-4-2-3-5-7-19)15-12-21(25)23-16-13-22-14-17-23/h8-11,19,22H,2-7,12-17H2,1H3. The lowest BCUT2D eigenvalue weighted by Crippen LogP contribution is -2.48. The Kier molecular flexibility index (Phi) is 7.48. The van der Waals surface area contributed by atoms with Crippen LogP contribution in [0, 0.1) is 6.92 Å². The number of aryl methyl sites for hydroxylation is 1. The van der Waals surface area contributed by atoms with E-state index in [0.29, 0.717) is 18.0 Å². The van der Waals surface area contributed by atoms with Crippen LogP contribution < -0.4 is 5.32 Å². The summed E-state index contributed by atoms with van der Waals surface area (Å²) in [6, 6.07) is 7.04. The molecule has 1 saturated heterocycles. The molecule has 1 aliphatic carbocycles. The number of benzene rings is 1. The molecule has 1 heterocycles. The van der Waals surface area contributed by atoms with Gasteiger partial charge in [0.25, 0.3) is 0 Å². The molecular weight excluding hydrogens is 374 g/mol. The zero-order chi connectivity index (χ0) is 20.0. The van der Waals surface area contributed by atoms with E-state index in [1.165, 1.54) is 0 Å². The van der Waals surface area contributed by atoms with Gasteiger partial charge in [0.2, 0.25) is 15.9 Å². The molecule has 0 unspecified atom stereocenters. The second-order valence-corrected chi connectivity index (χ2v) is 9.85. The largest absolute Gasteiger partial charge is 0.340 e. The van der Waals surface area contributed by atoms with Gasteiger partial charge < -0.3 is 10.2 Å². The van der Waals surface area contributed by atoms with Gasteiger partial charge >= 0.3 is 0 Å². The summed E-state index contributed by atoms with van der Waals surface area (Å²) in [6.07, 6.45) is 6.44. The van der Waals surface area contributed by atoms with Gasteiger partial charge in [0, 0.05) is 45.2 Å². The van der Waals surface area contributed by atoms with Crippen LogP contribution >= 0.6 is 0 Å². The summed E-state index contributed by atoms with van der Waals surface area (Å²) in [6.45, 7) is 5.23. The van der Waals surface area contributed by atoms with E-state index in [2.05, 4.69) is 5.32 Å². The molecule has 1 aliphatic heterocycles. The molecule has 28 heavy (non-hydrogen) atoms. The summed E-state index contributed by atoms with van der Waals surface area (Å²) >= 11 is 0. The average molecular weight is 408 g/mol. The Bertz CT molecular complexity index is 735. The van der Waals surface area contributed by atoms with E-state index in [1.54, 1.807) is 16.4 Å². The lowest BCUT2D eigenvalue weighted by atomic mass is 10.1. The van der Waals surface area contributed by atoms with Gasteiger partial charge in [-0.05, 0) is 31.9 Å². The molecule has 6 nitrogen and oxygen atoms in total. The molecule has 1 amide bonds. The van der Waals surface area contributed by atoms with Crippen molar-refractivity contribution in [1.29, 1.82) is 0 Å². The Labute approximate surface area is 169 Å². The third kappa shape index (κ3) is 5.33. The molecule has 156 valence electrons. The van der Waals surface area contributed by atoms with Gasteiger partial charge in [-0.2, -0.15) is 4.31 Å². The fraction of sp³-hybridized carbons (Fsp3) is 0.667. The number of nitrogens with zero attached hydrogens (tertiary/aromatic N) is 2. The first kappa shape index (κ1) is 21.3. The molecule has 1 aromatic rings. The van der Waals surface area contributed by atoms with E-state index in [1.807, 2.05) is 24.0 Å². The number of rotatable bonds is 6. The molecule has 1 saturated carbocycles. The summed E-state index contributed by atoms with van der Waals surface area (Å²) in [7, 11) is -3.61. The molecule has 1 aromatic carbocycles. The topological polar surface area (TPSA) is 69.7 Å². The number of sulfonamides is 1. The van der Waals surface area contributed by atoms with E-state index in [4.69, 9.17) is 0 Å². The lowest BCUT2D eigenvalue weighted by Gasteiger charge is -2.32. The molecule has 0 radical (unpaired) electrons. The fourth-order valence-corrected chi connectivity index (χ4v) is 5.85. The molecule has 0 aromatic heterocycles. The fourth-order valence-electron chi connectivity index (χ4n) is 4.17. The predicted molar refractivity (Wildman–Crippen MR) is 111 cm³/mol. The number of carbonyl (C=O) groups excluding carboxylic acids is 1. The van der Waals surface area contributed by atoms with Crippen LogP contribution in [-0.2, 0) is 14.8 Å². The molecular formula is C21H33N3O3S. The lowest BCUT2D eigenvalue weighted by molar-refractivity contribution is -0.131. The molecule has 3 rings (SSSR count). The second kappa shape index (κ2) is 9.85.